The van der Waals surface area contributed by atoms with Gasteiger partial charge < -0.3 is 10.1 Å². The molecule has 0 saturated carbocycles. The van der Waals surface area contributed by atoms with Crippen LogP contribution in [0.4, 0.5) is 24.7 Å². The number of hydrogen-bond donors (Lipinski definition) is 1. The molecule has 1 aromatic heterocycles. The van der Waals surface area contributed by atoms with Crippen molar-refractivity contribution in [3.05, 3.63) is 52.7 Å². The average Bonchev–Trinajstić information content (AvgIpc) is 2.55. The molecule has 1 heterocycles. The molecule has 9 heteroatoms. The summed E-state index contributed by atoms with van der Waals surface area (Å²) in [6.45, 7) is 0. The van der Waals surface area contributed by atoms with Crippen LogP contribution in [0.25, 0.3) is 0 Å². The number of benzene rings is 1. The molecule has 0 aliphatic carbocycles. The zero-order valence-corrected chi connectivity index (χ0v) is 13.6. The summed E-state index contributed by atoms with van der Waals surface area (Å²) in [4.78, 5) is 26.9. The van der Waals surface area contributed by atoms with E-state index in [0.717, 1.165) is 13.2 Å². The monoisotopic (exact) mass is 372 g/mol. The van der Waals surface area contributed by atoms with Gasteiger partial charge in [0.25, 0.3) is 0 Å². The van der Waals surface area contributed by atoms with E-state index < -0.39 is 30.0 Å². The first kappa shape index (κ1) is 18.7. The fourth-order valence-electron chi connectivity index (χ4n) is 1.93. The molecule has 0 radical (unpaired) electrons. The third-order valence-corrected chi connectivity index (χ3v) is 3.48. The summed E-state index contributed by atoms with van der Waals surface area (Å²) in [7, 11) is 1.10. The van der Waals surface area contributed by atoms with Crippen molar-refractivity contribution in [1.82, 2.24) is 4.98 Å². The second-order valence-corrected chi connectivity index (χ2v) is 5.28. The molecular formula is C16H12ClF3N2O3. The molecule has 0 amide bonds. The lowest BCUT2D eigenvalue weighted by Gasteiger charge is -2.14. The van der Waals surface area contributed by atoms with Gasteiger partial charge in [-0.2, -0.15) is 13.2 Å². The lowest BCUT2D eigenvalue weighted by molar-refractivity contribution is -0.141. The second-order valence-electron chi connectivity index (χ2n) is 4.87. The minimum atomic E-state index is -4.69. The van der Waals surface area contributed by atoms with Gasteiger partial charge in [0.1, 0.15) is 17.9 Å². The number of carbonyl (C=O) groups is 2. The lowest BCUT2D eigenvalue weighted by atomic mass is 10.1. The highest BCUT2D eigenvalue weighted by atomic mass is 35.5. The molecule has 0 bridgehead atoms. The zero-order valence-electron chi connectivity index (χ0n) is 12.9. The van der Waals surface area contributed by atoms with Crippen LogP contribution >= 0.6 is 11.6 Å². The summed E-state index contributed by atoms with van der Waals surface area (Å²) < 4.78 is 43.1. The molecule has 1 N–H and O–H groups in total. The third-order valence-electron chi connectivity index (χ3n) is 3.15. The van der Waals surface area contributed by atoms with E-state index >= 15 is 0 Å². The number of pyridine rings is 1. The van der Waals surface area contributed by atoms with Crippen molar-refractivity contribution in [3.63, 3.8) is 0 Å². The van der Waals surface area contributed by atoms with Crippen molar-refractivity contribution in [2.24, 2.45) is 0 Å². The molecule has 0 saturated heterocycles. The van der Waals surface area contributed by atoms with Crippen molar-refractivity contribution in [1.29, 1.82) is 0 Å². The van der Waals surface area contributed by atoms with Crippen LogP contribution in [0.15, 0.2) is 36.4 Å². The average molecular weight is 373 g/mol. The Morgan fingerprint density at radius 3 is 2.48 bits per heavy atom. The number of carbonyl (C=O) groups excluding carboxylic acids is 2. The number of para-hydroxylation sites is 1. The highest BCUT2D eigenvalue weighted by Gasteiger charge is 2.33. The van der Waals surface area contributed by atoms with E-state index in [-0.39, 0.29) is 22.1 Å². The van der Waals surface area contributed by atoms with Crippen molar-refractivity contribution in [2.75, 3.05) is 12.4 Å². The maximum absolute atomic E-state index is 12.9. The summed E-state index contributed by atoms with van der Waals surface area (Å²) in [5, 5.41) is 2.84. The maximum atomic E-state index is 12.9. The van der Waals surface area contributed by atoms with Gasteiger partial charge in [-0.05, 0) is 24.3 Å². The lowest BCUT2D eigenvalue weighted by Crippen LogP contribution is -2.15. The number of ketones is 1. The van der Waals surface area contributed by atoms with Gasteiger partial charge in [-0.25, -0.2) is 4.98 Å². The Balaban J connectivity index is 2.46. The number of anilines is 2. The Morgan fingerprint density at radius 1 is 1.20 bits per heavy atom. The van der Waals surface area contributed by atoms with Gasteiger partial charge in [0, 0.05) is 0 Å². The van der Waals surface area contributed by atoms with Crippen LogP contribution < -0.4 is 5.32 Å². The van der Waals surface area contributed by atoms with Crippen LogP contribution in [-0.4, -0.2) is 23.8 Å². The van der Waals surface area contributed by atoms with Crippen LogP contribution in [0.1, 0.15) is 22.5 Å². The minimum Gasteiger partial charge on any atom is -0.469 e. The molecule has 1 aromatic carbocycles. The smallest absolute Gasteiger partial charge is 0.433 e. The van der Waals surface area contributed by atoms with E-state index in [1.54, 1.807) is 12.1 Å². The van der Waals surface area contributed by atoms with Crippen LogP contribution in [0.5, 0.6) is 0 Å². The third kappa shape index (κ3) is 4.69. The largest absolute Gasteiger partial charge is 0.469 e. The second kappa shape index (κ2) is 7.52. The van der Waals surface area contributed by atoms with Gasteiger partial charge >= 0.3 is 12.1 Å². The first-order chi connectivity index (χ1) is 11.7. The number of esters is 1. The number of aromatic nitrogens is 1. The summed E-state index contributed by atoms with van der Waals surface area (Å²) in [5.74, 6) is -1.90. The molecule has 0 unspecified atom stereocenters. The van der Waals surface area contributed by atoms with E-state index in [1.807, 2.05) is 0 Å². The van der Waals surface area contributed by atoms with Gasteiger partial charge in [-0.3, -0.25) is 9.59 Å². The number of methoxy groups -OCH3 is 1. The molecular weight excluding hydrogens is 361 g/mol. The predicted octanol–water partition coefficient (Wildman–Crippen LogP) is 4.24. The Morgan fingerprint density at radius 2 is 1.88 bits per heavy atom. The molecule has 0 atom stereocenters. The molecule has 5 nitrogen and oxygen atoms in total. The fraction of sp³-hybridized carbons (Fsp3) is 0.188. The predicted molar refractivity (Wildman–Crippen MR) is 84.9 cm³/mol. The number of nitrogens with one attached hydrogen (secondary N) is 1. The number of alkyl halides is 3. The highest BCUT2D eigenvalue weighted by molar-refractivity contribution is 6.33. The van der Waals surface area contributed by atoms with Gasteiger partial charge in [0.2, 0.25) is 0 Å². The van der Waals surface area contributed by atoms with E-state index in [2.05, 4.69) is 15.0 Å². The first-order valence-electron chi connectivity index (χ1n) is 6.92. The maximum Gasteiger partial charge on any atom is 0.433 e. The Kier molecular flexibility index (Phi) is 5.63. The van der Waals surface area contributed by atoms with Crippen LogP contribution in [0, 0.1) is 0 Å². The van der Waals surface area contributed by atoms with Gasteiger partial charge in [-0.1, -0.05) is 23.7 Å². The summed E-state index contributed by atoms with van der Waals surface area (Å²) >= 11 is 5.97. The molecule has 0 aliphatic heterocycles. The normalized spacial score (nSPS) is 11.1. The van der Waals surface area contributed by atoms with E-state index in [1.165, 1.54) is 12.1 Å². The molecule has 132 valence electrons. The topological polar surface area (TPSA) is 68.3 Å². The number of nitrogens with zero attached hydrogens (tertiary/aromatic N) is 1. The summed E-state index contributed by atoms with van der Waals surface area (Å²) in [5.41, 5.74) is -1.10. The first-order valence-corrected chi connectivity index (χ1v) is 7.30. The number of ether oxygens (including phenoxy) is 1. The Labute approximate surface area is 145 Å². The molecule has 0 aliphatic rings. The van der Waals surface area contributed by atoms with Crippen molar-refractivity contribution >= 4 is 34.9 Å². The molecule has 2 rings (SSSR count). The van der Waals surface area contributed by atoms with Gasteiger partial charge in [0.15, 0.2) is 5.78 Å². The van der Waals surface area contributed by atoms with E-state index in [0.29, 0.717) is 6.07 Å². The van der Waals surface area contributed by atoms with E-state index in [4.69, 9.17) is 11.6 Å². The zero-order chi connectivity index (χ0) is 18.6. The van der Waals surface area contributed by atoms with E-state index in [9.17, 15) is 22.8 Å². The number of Topliss-reactive ketones (excluding diaryl/α,β-unsaturated/α-hetero) is 1. The standard InChI is InChI=1S/C16H12ClF3N2O3/c1-25-14(24)8-12(23)9-6-7-13(16(18,19)20)22-15(9)21-11-5-3-2-4-10(11)17/h2-7H,8H2,1H3,(H,21,22). The van der Waals surface area contributed by atoms with Crippen molar-refractivity contribution < 1.29 is 27.5 Å². The molecule has 0 fully saturated rings. The molecule has 0 spiro atoms. The van der Waals surface area contributed by atoms with Crippen molar-refractivity contribution in [2.45, 2.75) is 12.6 Å². The molecule has 2 aromatic rings. The summed E-state index contributed by atoms with van der Waals surface area (Å²) in [6, 6.07) is 7.91. The van der Waals surface area contributed by atoms with Crippen LogP contribution in [0.2, 0.25) is 5.02 Å². The molecule has 25 heavy (non-hydrogen) atoms. The Bertz CT molecular complexity index is 809. The highest BCUT2D eigenvalue weighted by Crippen LogP contribution is 2.32. The number of rotatable bonds is 5. The fourth-order valence-corrected chi connectivity index (χ4v) is 2.11. The van der Waals surface area contributed by atoms with Gasteiger partial charge in [0.05, 0.1) is 23.4 Å². The number of halogens is 4. The minimum absolute atomic E-state index is 0.182. The quantitative estimate of drug-likeness (QED) is 0.483. The van der Waals surface area contributed by atoms with Gasteiger partial charge in [-0.15, -0.1) is 0 Å². The SMILES string of the molecule is COC(=O)CC(=O)c1ccc(C(F)(F)F)nc1Nc1ccccc1Cl. The van der Waals surface area contributed by atoms with Crippen LogP contribution in [-0.2, 0) is 15.7 Å². The summed E-state index contributed by atoms with van der Waals surface area (Å²) in [6.07, 6.45) is -5.32. The Hall–Kier alpha value is -2.61. The number of hydrogen-bond acceptors (Lipinski definition) is 5. The van der Waals surface area contributed by atoms with Crippen molar-refractivity contribution in [3.8, 4) is 0 Å². The van der Waals surface area contributed by atoms with Crippen LogP contribution in [0.3, 0.4) is 0 Å².